The summed E-state index contributed by atoms with van der Waals surface area (Å²) in [5, 5.41) is 22.2. The van der Waals surface area contributed by atoms with Gasteiger partial charge in [-0.05, 0) is 37.4 Å². The molecule has 2 aromatic rings. The third kappa shape index (κ3) is 3.25. The quantitative estimate of drug-likeness (QED) is 0.475. The van der Waals surface area contributed by atoms with E-state index in [4.69, 9.17) is 26.5 Å². The van der Waals surface area contributed by atoms with E-state index in [9.17, 15) is 10.2 Å². The van der Waals surface area contributed by atoms with Gasteiger partial charge in [0.1, 0.15) is 23.3 Å². The highest BCUT2D eigenvalue weighted by molar-refractivity contribution is 6.74. The normalized spacial score (nSPS) is 32.5. The van der Waals surface area contributed by atoms with Crippen molar-refractivity contribution in [2.75, 3.05) is 5.73 Å². The van der Waals surface area contributed by atoms with E-state index in [0.717, 1.165) is 12.8 Å². The molecule has 4 N–H and O–H groups in total. The number of hydrogen-bond acceptors (Lipinski definition) is 8. The highest BCUT2D eigenvalue weighted by atomic mass is 35.5. The van der Waals surface area contributed by atoms with E-state index in [2.05, 4.69) is 48.8 Å². The molecule has 0 radical (unpaired) electrons. The molecule has 166 valence electrons. The molecular weight excluding hydrogens is 426 g/mol. The summed E-state index contributed by atoms with van der Waals surface area (Å²) >= 11 is 6.13. The second kappa shape index (κ2) is 7.11. The Morgan fingerprint density at radius 2 is 2.03 bits per heavy atom. The summed E-state index contributed by atoms with van der Waals surface area (Å²) in [6.45, 7) is 10.9. The van der Waals surface area contributed by atoms with Gasteiger partial charge in [-0.1, -0.05) is 32.4 Å². The Hall–Kier alpha value is -1.30. The smallest absolute Gasteiger partial charge is 0.223 e. The number of rotatable bonds is 3. The van der Waals surface area contributed by atoms with Crippen LogP contribution in [0.4, 0.5) is 5.95 Å². The highest BCUT2D eigenvalue weighted by Gasteiger charge is 2.62. The standard InChI is InChI=1S/C19H30ClN5O4Si/c1-18(2,3)30(4,5)29-10-7-6-8-19(10)13(27)12(26)16(28-19)25-9-22-11-14(20)23-17(21)24-15(11)25/h9-10,12-13,16,26-27H,6-8H2,1-5H3,(H2,21,23,24)/t10-,12-,13+,16-,19-/m1/s1. The minimum atomic E-state index is -2.11. The summed E-state index contributed by atoms with van der Waals surface area (Å²) in [7, 11) is -2.11. The zero-order valence-electron chi connectivity index (χ0n) is 18.0. The summed E-state index contributed by atoms with van der Waals surface area (Å²) in [4.78, 5) is 12.4. The van der Waals surface area contributed by atoms with Gasteiger partial charge in [-0.15, -0.1) is 0 Å². The lowest BCUT2D eigenvalue weighted by atomic mass is 9.91. The molecule has 1 aliphatic heterocycles. The van der Waals surface area contributed by atoms with Crippen LogP contribution in [0.3, 0.4) is 0 Å². The molecule has 3 heterocycles. The molecule has 0 amide bonds. The number of fused-ring (bicyclic) bond motifs is 1. The predicted molar refractivity (Wildman–Crippen MR) is 116 cm³/mol. The predicted octanol–water partition coefficient (Wildman–Crippen LogP) is 2.63. The Labute approximate surface area is 181 Å². The van der Waals surface area contributed by atoms with Crippen LogP contribution in [0, 0.1) is 0 Å². The van der Waals surface area contributed by atoms with Gasteiger partial charge in [0.15, 0.2) is 25.3 Å². The molecule has 1 saturated carbocycles. The van der Waals surface area contributed by atoms with Gasteiger partial charge in [-0.2, -0.15) is 9.97 Å². The van der Waals surface area contributed by atoms with Gasteiger partial charge in [-0.3, -0.25) is 4.57 Å². The number of aromatic nitrogens is 4. The van der Waals surface area contributed by atoms with Crippen molar-refractivity contribution in [3.05, 3.63) is 11.5 Å². The average molecular weight is 456 g/mol. The number of nitrogens with two attached hydrogens (primary N) is 1. The molecule has 0 bridgehead atoms. The fourth-order valence-corrected chi connectivity index (χ4v) is 5.85. The van der Waals surface area contributed by atoms with Gasteiger partial charge in [-0.25, -0.2) is 4.98 Å². The maximum atomic E-state index is 11.1. The summed E-state index contributed by atoms with van der Waals surface area (Å²) in [5.74, 6) is -0.00278. The number of aliphatic hydroxyl groups is 2. The minimum absolute atomic E-state index is 0.00278. The van der Waals surface area contributed by atoms with E-state index in [-0.39, 0.29) is 22.2 Å². The zero-order chi connectivity index (χ0) is 22.1. The van der Waals surface area contributed by atoms with Gasteiger partial charge < -0.3 is 25.1 Å². The monoisotopic (exact) mass is 455 g/mol. The van der Waals surface area contributed by atoms with Crippen molar-refractivity contribution < 1.29 is 19.4 Å². The first-order chi connectivity index (χ1) is 13.9. The van der Waals surface area contributed by atoms with Crippen LogP contribution in [-0.2, 0) is 9.16 Å². The van der Waals surface area contributed by atoms with Crippen LogP contribution in [0.5, 0.6) is 0 Å². The molecule has 5 atom stereocenters. The molecular formula is C19H30ClN5O4Si. The fourth-order valence-electron chi connectivity index (χ4n) is 4.25. The first kappa shape index (κ1) is 21.9. The number of ether oxygens (including phenoxy) is 1. The van der Waals surface area contributed by atoms with E-state index in [1.54, 1.807) is 4.57 Å². The van der Waals surface area contributed by atoms with Gasteiger partial charge in [0, 0.05) is 0 Å². The van der Waals surface area contributed by atoms with Crippen molar-refractivity contribution in [2.45, 2.75) is 88.3 Å². The fraction of sp³-hybridized carbons (Fsp3) is 0.737. The molecule has 1 aliphatic carbocycles. The van der Waals surface area contributed by atoms with Crippen molar-refractivity contribution in [2.24, 2.45) is 0 Å². The molecule has 11 heteroatoms. The van der Waals surface area contributed by atoms with Crippen LogP contribution >= 0.6 is 11.6 Å². The van der Waals surface area contributed by atoms with E-state index in [1.165, 1.54) is 6.33 Å². The molecule has 2 fully saturated rings. The van der Waals surface area contributed by atoms with Crippen LogP contribution in [0.1, 0.15) is 46.3 Å². The van der Waals surface area contributed by atoms with Crippen LogP contribution in [0.25, 0.3) is 11.2 Å². The largest absolute Gasteiger partial charge is 0.411 e. The summed E-state index contributed by atoms with van der Waals surface area (Å²) in [6.07, 6.45) is 0.225. The average Bonchev–Trinajstić information content (AvgIpc) is 3.28. The molecule has 30 heavy (non-hydrogen) atoms. The maximum Gasteiger partial charge on any atom is 0.223 e. The third-order valence-corrected chi connectivity index (χ3v) is 11.7. The Kier molecular flexibility index (Phi) is 5.19. The SMILES string of the molecule is CC(C)(C)[Si](C)(C)O[C@@H]1CCC[C@@]12O[C@@H](n1cnc3c(Cl)nc(N)nc31)[C@H](O)[C@@H]2O. The number of nitrogens with zero attached hydrogens (tertiary/aromatic N) is 4. The third-order valence-electron chi connectivity index (χ3n) is 6.95. The highest BCUT2D eigenvalue weighted by Crippen LogP contribution is 2.51. The first-order valence-electron chi connectivity index (χ1n) is 10.2. The van der Waals surface area contributed by atoms with Crippen LogP contribution in [0.2, 0.25) is 23.3 Å². The number of anilines is 1. The van der Waals surface area contributed by atoms with E-state index in [0.29, 0.717) is 17.6 Å². The number of hydrogen-bond donors (Lipinski definition) is 3. The number of aliphatic hydroxyl groups excluding tert-OH is 2. The maximum absolute atomic E-state index is 11.1. The Balaban J connectivity index is 1.69. The number of nitrogen functional groups attached to an aromatic ring is 1. The lowest BCUT2D eigenvalue weighted by Crippen LogP contribution is -2.55. The minimum Gasteiger partial charge on any atom is -0.411 e. The molecule has 9 nitrogen and oxygen atoms in total. The summed E-state index contributed by atoms with van der Waals surface area (Å²) < 4.78 is 14.6. The lowest BCUT2D eigenvalue weighted by molar-refractivity contribution is -0.144. The molecule has 1 spiro atoms. The molecule has 0 unspecified atom stereocenters. The molecule has 2 aliphatic rings. The second-order valence-corrected chi connectivity index (χ2v) is 15.0. The molecule has 1 saturated heterocycles. The topological polar surface area (TPSA) is 129 Å². The van der Waals surface area contributed by atoms with E-state index >= 15 is 0 Å². The van der Waals surface area contributed by atoms with Crippen molar-refractivity contribution in [3.63, 3.8) is 0 Å². The van der Waals surface area contributed by atoms with Gasteiger partial charge in [0.2, 0.25) is 5.95 Å². The van der Waals surface area contributed by atoms with Crippen LogP contribution in [-0.4, -0.2) is 62.0 Å². The van der Waals surface area contributed by atoms with Gasteiger partial charge >= 0.3 is 0 Å². The number of imidazole rings is 1. The molecule has 2 aromatic heterocycles. The van der Waals surface area contributed by atoms with Crippen molar-refractivity contribution in [1.82, 2.24) is 19.5 Å². The molecule has 4 rings (SSSR count). The van der Waals surface area contributed by atoms with Crippen molar-refractivity contribution in [1.29, 1.82) is 0 Å². The van der Waals surface area contributed by atoms with E-state index < -0.39 is 32.4 Å². The van der Waals surface area contributed by atoms with Crippen molar-refractivity contribution in [3.8, 4) is 0 Å². The first-order valence-corrected chi connectivity index (χ1v) is 13.5. The van der Waals surface area contributed by atoms with Crippen LogP contribution in [0.15, 0.2) is 6.33 Å². The second-order valence-electron chi connectivity index (χ2n) is 9.85. The van der Waals surface area contributed by atoms with Crippen LogP contribution < -0.4 is 5.73 Å². The Bertz CT molecular complexity index is 964. The zero-order valence-corrected chi connectivity index (χ0v) is 19.7. The Morgan fingerprint density at radius 1 is 1.33 bits per heavy atom. The summed E-state index contributed by atoms with van der Waals surface area (Å²) in [5.41, 5.74) is 5.46. The van der Waals surface area contributed by atoms with Gasteiger partial charge in [0.05, 0.1) is 12.4 Å². The van der Waals surface area contributed by atoms with Gasteiger partial charge in [0.25, 0.3) is 0 Å². The molecule has 0 aromatic carbocycles. The number of halogens is 1. The summed E-state index contributed by atoms with van der Waals surface area (Å²) in [6, 6.07) is 0. The lowest BCUT2D eigenvalue weighted by Gasteiger charge is -2.43. The Morgan fingerprint density at radius 3 is 2.70 bits per heavy atom. The van der Waals surface area contributed by atoms with E-state index in [1.807, 2.05) is 0 Å². The van der Waals surface area contributed by atoms with Crippen molar-refractivity contribution >= 4 is 37.0 Å².